The third-order valence-electron chi connectivity index (χ3n) is 4.60. The normalized spacial score (nSPS) is 16.0. The second kappa shape index (κ2) is 8.64. The van der Waals surface area contributed by atoms with E-state index in [0.29, 0.717) is 30.3 Å². The maximum atomic E-state index is 13.7. The number of nitrogens with zero attached hydrogens (tertiary/aromatic N) is 2. The van der Waals surface area contributed by atoms with Crippen LogP contribution in [-0.2, 0) is 9.59 Å². The topological polar surface area (TPSA) is 69.7 Å². The molecule has 3 amide bonds. The van der Waals surface area contributed by atoms with Gasteiger partial charge in [-0.25, -0.2) is 13.2 Å². The van der Waals surface area contributed by atoms with E-state index in [0.717, 1.165) is 11.0 Å². The molecule has 1 aliphatic heterocycles. The highest BCUT2D eigenvalue weighted by molar-refractivity contribution is 7.12. The number of rotatable bonds is 5. The minimum absolute atomic E-state index is 0.238. The van der Waals surface area contributed by atoms with Crippen molar-refractivity contribution in [1.29, 1.82) is 0 Å². The fourth-order valence-electron chi connectivity index (χ4n) is 3.17. The highest BCUT2D eigenvalue weighted by Gasteiger charge is 2.36. The van der Waals surface area contributed by atoms with Crippen molar-refractivity contribution in [2.45, 2.75) is 18.9 Å². The zero-order valence-electron chi connectivity index (χ0n) is 15.5. The first-order valence-electron chi connectivity index (χ1n) is 8.82. The number of anilines is 1. The molecule has 1 aliphatic rings. The molecule has 10 heteroatoms. The van der Waals surface area contributed by atoms with Gasteiger partial charge in [0, 0.05) is 13.6 Å². The van der Waals surface area contributed by atoms with E-state index in [1.165, 1.54) is 23.3 Å². The molecule has 0 radical (unpaired) electrons. The molecule has 1 atom stereocenters. The zero-order chi connectivity index (χ0) is 21.1. The first-order valence-corrected chi connectivity index (χ1v) is 9.70. The number of amides is 3. The third-order valence-corrected chi connectivity index (χ3v) is 5.45. The minimum atomic E-state index is -1.69. The summed E-state index contributed by atoms with van der Waals surface area (Å²) in [6, 6.07) is 4.32. The van der Waals surface area contributed by atoms with Gasteiger partial charge < -0.3 is 15.1 Å². The fourth-order valence-corrected chi connectivity index (χ4v) is 3.85. The van der Waals surface area contributed by atoms with Crippen LogP contribution in [0.5, 0.6) is 0 Å². The molecule has 1 aromatic carbocycles. The van der Waals surface area contributed by atoms with E-state index in [1.54, 1.807) is 17.5 Å². The Balaban J connectivity index is 1.63. The number of thiophene rings is 1. The van der Waals surface area contributed by atoms with Crippen LogP contribution >= 0.6 is 11.3 Å². The summed E-state index contributed by atoms with van der Waals surface area (Å²) in [5.41, 5.74) is -0.523. The van der Waals surface area contributed by atoms with Gasteiger partial charge in [-0.15, -0.1) is 11.3 Å². The van der Waals surface area contributed by atoms with Crippen molar-refractivity contribution in [3.63, 3.8) is 0 Å². The number of benzene rings is 1. The molecule has 3 rings (SSSR count). The second-order valence-electron chi connectivity index (χ2n) is 6.60. The molecule has 29 heavy (non-hydrogen) atoms. The summed E-state index contributed by atoms with van der Waals surface area (Å²) in [6.45, 7) is 0.00203. The van der Waals surface area contributed by atoms with Crippen LogP contribution in [0.25, 0.3) is 0 Å². The molecule has 1 saturated heterocycles. The average molecular weight is 425 g/mol. The molecule has 0 saturated carbocycles. The Kier molecular flexibility index (Phi) is 6.21. The van der Waals surface area contributed by atoms with Crippen molar-refractivity contribution < 1.29 is 27.6 Å². The largest absolute Gasteiger partial charge is 0.335 e. The van der Waals surface area contributed by atoms with Crippen LogP contribution in [0.15, 0.2) is 29.6 Å². The van der Waals surface area contributed by atoms with Crippen molar-refractivity contribution >= 4 is 34.7 Å². The highest BCUT2D eigenvalue weighted by Crippen LogP contribution is 2.24. The van der Waals surface area contributed by atoms with E-state index < -0.39 is 47.5 Å². The van der Waals surface area contributed by atoms with Crippen molar-refractivity contribution in [1.82, 2.24) is 9.80 Å². The molecule has 154 valence electrons. The van der Waals surface area contributed by atoms with Crippen LogP contribution in [0.3, 0.4) is 0 Å². The number of hydrogen-bond acceptors (Lipinski definition) is 4. The Morgan fingerprint density at radius 2 is 1.97 bits per heavy atom. The molecule has 1 fully saturated rings. The summed E-state index contributed by atoms with van der Waals surface area (Å²) in [4.78, 5) is 40.6. The Morgan fingerprint density at radius 3 is 2.66 bits per heavy atom. The SMILES string of the molecule is CN(CC(=O)Nc1ccc(F)c(F)c1F)C(=O)C1CCCN1C(=O)c1cccs1. The van der Waals surface area contributed by atoms with E-state index in [4.69, 9.17) is 0 Å². The second-order valence-corrected chi connectivity index (χ2v) is 7.55. The Morgan fingerprint density at radius 1 is 1.21 bits per heavy atom. The van der Waals surface area contributed by atoms with Gasteiger partial charge in [-0.1, -0.05) is 6.07 Å². The predicted octanol–water partition coefficient (Wildman–Crippen LogP) is 2.87. The van der Waals surface area contributed by atoms with Crippen LogP contribution in [0.4, 0.5) is 18.9 Å². The highest BCUT2D eigenvalue weighted by atomic mass is 32.1. The summed E-state index contributed by atoms with van der Waals surface area (Å²) >= 11 is 1.28. The number of likely N-dealkylation sites (tertiary alicyclic amines) is 1. The van der Waals surface area contributed by atoms with Crippen molar-refractivity contribution in [2.24, 2.45) is 0 Å². The first-order chi connectivity index (χ1) is 13.8. The molecule has 0 spiro atoms. The number of carbonyl (C=O) groups excluding carboxylic acids is 3. The first kappa shape index (κ1) is 20.8. The average Bonchev–Trinajstić information content (AvgIpc) is 3.39. The van der Waals surface area contributed by atoms with Gasteiger partial charge in [-0.2, -0.15) is 0 Å². The number of nitrogens with one attached hydrogen (secondary N) is 1. The van der Waals surface area contributed by atoms with Crippen LogP contribution < -0.4 is 5.32 Å². The van der Waals surface area contributed by atoms with Crippen molar-refractivity contribution in [3.8, 4) is 0 Å². The van der Waals surface area contributed by atoms with E-state index in [-0.39, 0.29) is 5.91 Å². The molecule has 2 aromatic rings. The van der Waals surface area contributed by atoms with Gasteiger partial charge in [0.2, 0.25) is 11.8 Å². The zero-order valence-corrected chi connectivity index (χ0v) is 16.3. The van der Waals surface area contributed by atoms with Crippen LogP contribution in [0.2, 0.25) is 0 Å². The lowest BCUT2D eigenvalue weighted by atomic mass is 10.2. The van der Waals surface area contributed by atoms with Gasteiger partial charge in [0.05, 0.1) is 17.1 Å². The summed E-state index contributed by atoms with van der Waals surface area (Å²) in [5.74, 6) is -6.02. The molecule has 0 aliphatic carbocycles. The van der Waals surface area contributed by atoms with Gasteiger partial charge in [-0.05, 0) is 36.4 Å². The monoisotopic (exact) mass is 425 g/mol. The number of halogens is 3. The van der Waals surface area contributed by atoms with Gasteiger partial charge in [-0.3, -0.25) is 14.4 Å². The molecular formula is C19H18F3N3O3S. The van der Waals surface area contributed by atoms with Crippen LogP contribution in [0, 0.1) is 17.5 Å². The standard InChI is InChI=1S/C19H18F3N3O3S/c1-24(10-15(26)23-12-7-6-11(20)16(21)17(12)22)18(27)13-4-2-8-25(13)19(28)14-5-3-9-29-14/h3,5-7,9,13H,2,4,8,10H2,1H3,(H,23,26). The molecule has 6 nitrogen and oxygen atoms in total. The maximum Gasteiger partial charge on any atom is 0.264 e. The van der Waals surface area contributed by atoms with E-state index in [1.807, 2.05) is 0 Å². The summed E-state index contributed by atoms with van der Waals surface area (Å²) < 4.78 is 39.9. The molecule has 0 bridgehead atoms. The number of carbonyl (C=O) groups is 3. The van der Waals surface area contributed by atoms with Gasteiger partial charge in [0.15, 0.2) is 17.5 Å². The molecule has 1 N–H and O–H groups in total. The molecule has 2 heterocycles. The Bertz CT molecular complexity index is 936. The third kappa shape index (κ3) is 4.42. The lowest BCUT2D eigenvalue weighted by molar-refractivity contribution is -0.136. The van der Waals surface area contributed by atoms with E-state index in [2.05, 4.69) is 5.32 Å². The number of hydrogen-bond donors (Lipinski definition) is 1. The fraction of sp³-hybridized carbons (Fsp3) is 0.316. The number of likely N-dealkylation sites (N-methyl/N-ethyl adjacent to an activating group) is 1. The molecule has 1 aromatic heterocycles. The van der Waals surface area contributed by atoms with Crippen LogP contribution in [0.1, 0.15) is 22.5 Å². The molecule has 1 unspecified atom stereocenters. The summed E-state index contributed by atoms with van der Waals surface area (Å²) in [7, 11) is 1.38. The van der Waals surface area contributed by atoms with E-state index >= 15 is 0 Å². The van der Waals surface area contributed by atoms with Gasteiger partial charge >= 0.3 is 0 Å². The van der Waals surface area contributed by atoms with Crippen molar-refractivity contribution in [3.05, 3.63) is 52.0 Å². The van der Waals surface area contributed by atoms with Crippen molar-refractivity contribution in [2.75, 3.05) is 25.5 Å². The Labute approximate surface area is 168 Å². The summed E-state index contributed by atoms with van der Waals surface area (Å²) in [6.07, 6.45) is 1.13. The minimum Gasteiger partial charge on any atom is -0.335 e. The van der Waals surface area contributed by atoms with Gasteiger partial charge in [0.1, 0.15) is 6.04 Å². The summed E-state index contributed by atoms with van der Waals surface area (Å²) in [5, 5.41) is 3.89. The van der Waals surface area contributed by atoms with Gasteiger partial charge in [0.25, 0.3) is 5.91 Å². The lowest BCUT2D eigenvalue weighted by Gasteiger charge is -2.27. The van der Waals surface area contributed by atoms with E-state index in [9.17, 15) is 27.6 Å². The quantitative estimate of drug-likeness (QED) is 0.749. The van der Waals surface area contributed by atoms with Crippen LogP contribution in [-0.4, -0.2) is 53.7 Å². The lowest BCUT2D eigenvalue weighted by Crippen LogP contribution is -2.48. The molecular weight excluding hydrogens is 407 g/mol. The maximum absolute atomic E-state index is 13.7. The Hall–Kier alpha value is -2.88. The smallest absolute Gasteiger partial charge is 0.264 e. The predicted molar refractivity (Wildman–Crippen MR) is 101 cm³/mol.